The van der Waals surface area contributed by atoms with Crippen LogP contribution in [0.4, 0.5) is 5.69 Å². The predicted octanol–water partition coefficient (Wildman–Crippen LogP) is 3.16. The molecule has 4 heteroatoms. The van der Waals surface area contributed by atoms with Crippen LogP contribution in [0.2, 0.25) is 0 Å². The summed E-state index contributed by atoms with van der Waals surface area (Å²) in [5.41, 5.74) is 8.95. The quantitative estimate of drug-likeness (QED) is 0.677. The molecule has 0 amide bonds. The van der Waals surface area contributed by atoms with E-state index >= 15 is 0 Å². The third-order valence-electron chi connectivity index (χ3n) is 3.18. The van der Waals surface area contributed by atoms with Crippen molar-refractivity contribution in [2.45, 2.75) is 13.8 Å². The predicted molar refractivity (Wildman–Crippen MR) is 83.1 cm³/mol. The maximum atomic E-state index is 12.3. The fourth-order valence-corrected chi connectivity index (χ4v) is 2.06. The van der Waals surface area contributed by atoms with Crippen molar-refractivity contribution in [3.63, 3.8) is 0 Å². The molecule has 2 rings (SSSR count). The minimum Gasteiger partial charge on any atom is -0.496 e. The van der Waals surface area contributed by atoms with Crippen molar-refractivity contribution in [2.75, 3.05) is 19.5 Å². The lowest BCUT2D eigenvalue weighted by Gasteiger charge is -2.11. The van der Waals surface area contributed by atoms with Gasteiger partial charge < -0.3 is 15.2 Å². The summed E-state index contributed by atoms with van der Waals surface area (Å²) in [5, 5.41) is 0. The average Bonchev–Trinajstić information content (AvgIpc) is 2.46. The van der Waals surface area contributed by atoms with E-state index in [9.17, 15) is 4.79 Å². The van der Waals surface area contributed by atoms with Crippen LogP contribution in [-0.2, 0) is 0 Å². The highest BCUT2D eigenvalue weighted by molar-refractivity contribution is 6.00. The van der Waals surface area contributed by atoms with Crippen molar-refractivity contribution >= 4 is 11.5 Å². The zero-order valence-electron chi connectivity index (χ0n) is 12.5. The van der Waals surface area contributed by atoms with Gasteiger partial charge in [-0.3, -0.25) is 4.79 Å². The molecule has 0 aliphatic carbocycles. The normalized spacial score (nSPS) is 10.2. The van der Waals surface area contributed by atoms with Gasteiger partial charge in [0.1, 0.15) is 11.5 Å². The van der Waals surface area contributed by atoms with E-state index in [1.807, 2.05) is 32.0 Å². The van der Waals surface area contributed by atoms with Crippen LogP contribution < -0.4 is 15.2 Å². The molecule has 0 atom stereocenters. The van der Waals surface area contributed by atoms with E-state index in [1.165, 1.54) is 0 Å². The number of methoxy groups -OCH3 is 1. The Labute approximate surface area is 124 Å². The molecule has 2 aromatic rings. The van der Waals surface area contributed by atoms with Gasteiger partial charge in [0.25, 0.3) is 0 Å². The Morgan fingerprint density at radius 1 is 1.05 bits per heavy atom. The third kappa shape index (κ3) is 3.54. The van der Waals surface area contributed by atoms with Gasteiger partial charge in [0, 0.05) is 0 Å². The molecule has 0 saturated carbocycles. The number of nitrogens with two attached hydrogens (primary N) is 1. The minimum absolute atomic E-state index is 0.0763. The number of aryl methyl sites for hydroxylation is 2. The topological polar surface area (TPSA) is 61.5 Å². The summed E-state index contributed by atoms with van der Waals surface area (Å²) in [6.07, 6.45) is 0. The monoisotopic (exact) mass is 285 g/mol. The first-order valence-electron chi connectivity index (χ1n) is 6.68. The van der Waals surface area contributed by atoms with Crippen LogP contribution in [0.5, 0.6) is 11.5 Å². The fraction of sp³-hybridized carbons (Fsp3) is 0.235. The molecular weight excluding hydrogens is 266 g/mol. The second-order valence-corrected chi connectivity index (χ2v) is 4.96. The Balaban J connectivity index is 2.13. The third-order valence-corrected chi connectivity index (χ3v) is 3.18. The SMILES string of the molecule is COc1ccc(C)cc1C(=O)COc1ccc(C)cc1N. The zero-order chi connectivity index (χ0) is 15.4. The van der Waals surface area contributed by atoms with E-state index in [-0.39, 0.29) is 12.4 Å². The summed E-state index contributed by atoms with van der Waals surface area (Å²) >= 11 is 0. The van der Waals surface area contributed by atoms with E-state index in [0.717, 1.165) is 11.1 Å². The van der Waals surface area contributed by atoms with Crippen molar-refractivity contribution in [3.05, 3.63) is 53.1 Å². The number of hydrogen-bond acceptors (Lipinski definition) is 4. The summed E-state index contributed by atoms with van der Waals surface area (Å²) in [7, 11) is 1.54. The standard InChI is InChI=1S/C17H19NO3/c1-11-4-6-16(20-3)13(8-11)15(19)10-21-17-7-5-12(2)9-14(17)18/h4-9H,10,18H2,1-3H3. The van der Waals surface area contributed by atoms with Gasteiger partial charge in [0.15, 0.2) is 6.61 Å². The lowest BCUT2D eigenvalue weighted by Crippen LogP contribution is -2.13. The Bertz CT molecular complexity index is 665. The second kappa shape index (κ2) is 6.31. The van der Waals surface area contributed by atoms with Crippen LogP contribution in [-0.4, -0.2) is 19.5 Å². The van der Waals surface area contributed by atoms with Gasteiger partial charge in [-0.2, -0.15) is 0 Å². The molecule has 4 nitrogen and oxygen atoms in total. The zero-order valence-corrected chi connectivity index (χ0v) is 12.5. The van der Waals surface area contributed by atoms with E-state index < -0.39 is 0 Å². The fourth-order valence-electron chi connectivity index (χ4n) is 2.06. The van der Waals surface area contributed by atoms with Gasteiger partial charge in [0.05, 0.1) is 18.4 Å². The molecule has 0 aliphatic heterocycles. The summed E-state index contributed by atoms with van der Waals surface area (Å²) < 4.78 is 10.7. The molecule has 0 radical (unpaired) electrons. The highest BCUT2D eigenvalue weighted by Gasteiger charge is 2.14. The molecule has 0 saturated heterocycles. The molecular formula is C17H19NO3. The van der Waals surface area contributed by atoms with Gasteiger partial charge in [-0.15, -0.1) is 0 Å². The molecule has 0 fully saturated rings. The van der Waals surface area contributed by atoms with Crippen molar-refractivity contribution < 1.29 is 14.3 Å². The molecule has 0 spiro atoms. The van der Waals surface area contributed by atoms with Crippen LogP contribution >= 0.6 is 0 Å². The summed E-state index contributed by atoms with van der Waals surface area (Å²) in [6, 6.07) is 10.9. The number of nitrogen functional groups attached to an aromatic ring is 1. The maximum Gasteiger partial charge on any atom is 0.203 e. The summed E-state index contributed by atoms with van der Waals surface area (Å²) in [4.78, 5) is 12.3. The smallest absolute Gasteiger partial charge is 0.203 e. The Morgan fingerprint density at radius 2 is 1.67 bits per heavy atom. The number of rotatable bonds is 5. The second-order valence-electron chi connectivity index (χ2n) is 4.96. The van der Waals surface area contributed by atoms with Crippen LogP contribution in [0.25, 0.3) is 0 Å². The molecule has 21 heavy (non-hydrogen) atoms. The number of ketones is 1. The molecule has 2 aromatic carbocycles. The van der Waals surface area contributed by atoms with E-state index in [2.05, 4.69) is 0 Å². The molecule has 0 heterocycles. The summed E-state index contributed by atoms with van der Waals surface area (Å²) in [5.74, 6) is 0.919. The number of carbonyl (C=O) groups is 1. The van der Waals surface area contributed by atoms with E-state index in [0.29, 0.717) is 22.7 Å². The van der Waals surface area contributed by atoms with Crippen molar-refractivity contribution in [2.24, 2.45) is 0 Å². The largest absolute Gasteiger partial charge is 0.496 e. The van der Waals surface area contributed by atoms with Gasteiger partial charge in [-0.05, 0) is 43.7 Å². The van der Waals surface area contributed by atoms with Crippen LogP contribution in [0.1, 0.15) is 21.5 Å². The Morgan fingerprint density at radius 3 is 2.29 bits per heavy atom. The Kier molecular flexibility index (Phi) is 4.48. The van der Waals surface area contributed by atoms with Crippen LogP contribution in [0, 0.1) is 13.8 Å². The first-order chi connectivity index (χ1) is 10.0. The van der Waals surface area contributed by atoms with Crippen molar-refractivity contribution in [1.29, 1.82) is 0 Å². The molecule has 110 valence electrons. The van der Waals surface area contributed by atoms with Gasteiger partial charge >= 0.3 is 0 Å². The lowest BCUT2D eigenvalue weighted by atomic mass is 10.1. The molecule has 0 bridgehead atoms. The Hall–Kier alpha value is -2.49. The van der Waals surface area contributed by atoms with Gasteiger partial charge in [-0.1, -0.05) is 17.7 Å². The number of ether oxygens (including phenoxy) is 2. The van der Waals surface area contributed by atoms with Gasteiger partial charge in [0.2, 0.25) is 5.78 Å². The van der Waals surface area contributed by atoms with E-state index in [4.69, 9.17) is 15.2 Å². The molecule has 0 aliphatic rings. The highest BCUT2D eigenvalue weighted by Crippen LogP contribution is 2.24. The number of anilines is 1. The van der Waals surface area contributed by atoms with Gasteiger partial charge in [-0.25, -0.2) is 0 Å². The van der Waals surface area contributed by atoms with Crippen LogP contribution in [0.3, 0.4) is 0 Å². The molecule has 2 N–H and O–H groups in total. The van der Waals surface area contributed by atoms with E-state index in [1.54, 1.807) is 25.3 Å². The number of hydrogen-bond donors (Lipinski definition) is 1. The minimum atomic E-state index is -0.143. The van der Waals surface area contributed by atoms with Crippen molar-refractivity contribution in [3.8, 4) is 11.5 Å². The number of Topliss-reactive ketones (excluding diaryl/α,β-unsaturated/α-hetero) is 1. The number of carbonyl (C=O) groups excluding carboxylic acids is 1. The first kappa shape index (κ1) is 14.9. The lowest BCUT2D eigenvalue weighted by molar-refractivity contribution is 0.0919. The molecule has 0 aromatic heterocycles. The first-order valence-corrected chi connectivity index (χ1v) is 6.68. The van der Waals surface area contributed by atoms with Crippen molar-refractivity contribution in [1.82, 2.24) is 0 Å². The maximum absolute atomic E-state index is 12.3. The van der Waals surface area contributed by atoms with Crippen LogP contribution in [0.15, 0.2) is 36.4 Å². The average molecular weight is 285 g/mol. The number of benzene rings is 2. The summed E-state index contributed by atoms with van der Waals surface area (Å²) in [6.45, 7) is 3.80. The molecule has 0 unspecified atom stereocenters. The highest BCUT2D eigenvalue weighted by atomic mass is 16.5.